The van der Waals surface area contributed by atoms with E-state index >= 15 is 0 Å². The SMILES string of the molecule is CCCCCCCC(=O)NCCCNC(=O)CCCCCCC. The Bertz CT molecular complexity index is 265. The molecule has 0 bridgehead atoms. The lowest BCUT2D eigenvalue weighted by Gasteiger charge is -2.07. The Hall–Kier alpha value is -1.06. The van der Waals surface area contributed by atoms with Gasteiger partial charge in [-0.1, -0.05) is 65.2 Å². The van der Waals surface area contributed by atoms with Gasteiger partial charge < -0.3 is 10.6 Å². The summed E-state index contributed by atoms with van der Waals surface area (Å²) >= 11 is 0. The average Bonchev–Trinajstić information content (AvgIpc) is 2.54. The van der Waals surface area contributed by atoms with E-state index in [4.69, 9.17) is 0 Å². The van der Waals surface area contributed by atoms with E-state index < -0.39 is 0 Å². The van der Waals surface area contributed by atoms with Crippen molar-refractivity contribution in [3.63, 3.8) is 0 Å². The van der Waals surface area contributed by atoms with Crippen LogP contribution < -0.4 is 10.6 Å². The lowest BCUT2D eigenvalue weighted by Crippen LogP contribution is -2.29. The minimum absolute atomic E-state index is 0.142. The first-order valence-corrected chi connectivity index (χ1v) is 9.74. The van der Waals surface area contributed by atoms with E-state index in [-0.39, 0.29) is 11.8 Å². The maximum Gasteiger partial charge on any atom is 0.219 e. The summed E-state index contributed by atoms with van der Waals surface area (Å²) in [4.78, 5) is 23.2. The van der Waals surface area contributed by atoms with E-state index in [1.165, 1.54) is 38.5 Å². The molecule has 2 amide bonds. The van der Waals surface area contributed by atoms with Crippen LogP contribution in [0.15, 0.2) is 0 Å². The molecule has 0 fully saturated rings. The Kier molecular flexibility index (Phi) is 16.5. The van der Waals surface area contributed by atoms with Crippen molar-refractivity contribution in [2.45, 2.75) is 97.3 Å². The third-order valence-corrected chi connectivity index (χ3v) is 4.01. The van der Waals surface area contributed by atoms with Crippen LogP contribution in [0.1, 0.15) is 97.3 Å². The van der Waals surface area contributed by atoms with Gasteiger partial charge in [0.1, 0.15) is 0 Å². The third kappa shape index (κ3) is 17.1. The van der Waals surface area contributed by atoms with Crippen LogP contribution in [-0.4, -0.2) is 24.9 Å². The quantitative estimate of drug-likeness (QED) is 0.415. The van der Waals surface area contributed by atoms with Gasteiger partial charge in [0.25, 0.3) is 0 Å². The van der Waals surface area contributed by atoms with E-state index in [1.54, 1.807) is 0 Å². The molecule has 0 radical (unpaired) electrons. The molecule has 0 heterocycles. The number of hydrogen-bond donors (Lipinski definition) is 2. The second-order valence-electron chi connectivity index (χ2n) is 6.38. The van der Waals surface area contributed by atoms with Crippen molar-refractivity contribution in [2.24, 2.45) is 0 Å². The molecule has 136 valence electrons. The van der Waals surface area contributed by atoms with E-state index in [0.717, 1.165) is 32.1 Å². The van der Waals surface area contributed by atoms with Gasteiger partial charge in [-0.2, -0.15) is 0 Å². The predicted octanol–water partition coefficient (Wildman–Crippen LogP) is 4.33. The molecule has 0 aliphatic rings. The maximum atomic E-state index is 11.6. The summed E-state index contributed by atoms with van der Waals surface area (Å²) in [5.41, 5.74) is 0. The summed E-state index contributed by atoms with van der Waals surface area (Å²) in [7, 11) is 0. The molecule has 0 rings (SSSR count). The summed E-state index contributed by atoms with van der Waals surface area (Å²) < 4.78 is 0. The molecular formula is C19H38N2O2. The smallest absolute Gasteiger partial charge is 0.219 e. The fourth-order valence-corrected chi connectivity index (χ4v) is 2.50. The number of rotatable bonds is 16. The number of unbranched alkanes of at least 4 members (excludes halogenated alkanes) is 8. The van der Waals surface area contributed by atoms with Crippen LogP contribution in [0.2, 0.25) is 0 Å². The third-order valence-electron chi connectivity index (χ3n) is 4.01. The number of hydrogen-bond acceptors (Lipinski definition) is 2. The van der Waals surface area contributed by atoms with Crippen LogP contribution in [0.25, 0.3) is 0 Å². The second kappa shape index (κ2) is 17.3. The number of amides is 2. The Morgan fingerprint density at radius 2 is 0.957 bits per heavy atom. The normalized spacial score (nSPS) is 10.5. The van der Waals surface area contributed by atoms with Gasteiger partial charge in [0.2, 0.25) is 11.8 Å². The van der Waals surface area contributed by atoms with Gasteiger partial charge in [0.05, 0.1) is 0 Å². The molecule has 23 heavy (non-hydrogen) atoms. The molecule has 0 saturated heterocycles. The summed E-state index contributed by atoms with van der Waals surface area (Å²) in [6, 6.07) is 0. The fourth-order valence-electron chi connectivity index (χ4n) is 2.50. The molecule has 0 aromatic rings. The summed E-state index contributed by atoms with van der Waals surface area (Å²) in [5, 5.41) is 5.85. The van der Waals surface area contributed by atoms with Crippen LogP contribution in [0, 0.1) is 0 Å². The topological polar surface area (TPSA) is 58.2 Å². The molecule has 0 saturated carbocycles. The Morgan fingerprint density at radius 1 is 0.565 bits per heavy atom. The van der Waals surface area contributed by atoms with Crippen LogP contribution in [0.4, 0.5) is 0 Å². The fraction of sp³-hybridized carbons (Fsp3) is 0.895. The van der Waals surface area contributed by atoms with Gasteiger partial charge in [-0.25, -0.2) is 0 Å². The van der Waals surface area contributed by atoms with Crippen molar-refractivity contribution >= 4 is 11.8 Å². The van der Waals surface area contributed by atoms with Gasteiger partial charge in [0, 0.05) is 25.9 Å². The second-order valence-corrected chi connectivity index (χ2v) is 6.38. The van der Waals surface area contributed by atoms with E-state index in [1.807, 2.05) is 0 Å². The van der Waals surface area contributed by atoms with Crippen molar-refractivity contribution in [2.75, 3.05) is 13.1 Å². The van der Waals surface area contributed by atoms with Crippen LogP contribution in [0.3, 0.4) is 0 Å². The van der Waals surface area contributed by atoms with Crippen molar-refractivity contribution < 1.29 is 9.59 Å². The van der Waals surface area contributed by atoms with E-state index in [9.17, 15) is 9.59 Å². The number of carbonyl (C=O) groups is 2. The zero-order valence-electron chi connectivity index (χ0n) is 15.4. The first-order valence-electron chi connectivity index (χ1n) is 9.74. The van der Waals surface area contributed by atoms with Crippen LogP contribution in [-0.2, 0) is 9.59 Å². The first kappa shape index (κ1) is 21.9. The number of nitrogens with one attached hydrogen (secondary N) is 2. The highest BCUT2D eigenvalue weighted by Gasteiger charge is 2.02. The first-order chi connectivity index (χ1) is 11.2. The molecule has 0 aromatic heterocycles. The minimum atomic E-state index is 0.142. The lowest BCUT2D eigenvalue weighted by atomic mass is 10.1. The summed E-state index contributed by atoms with van der Waals surface area (Å²) in [6.07, 6.45) is 13.8. The summed E-state index contributed by atoms with van der Waals surface area (Å²) in [6.45, 7) is 5.70. The van der Waals surface area contributed by atoms with Crippen molar-refractivity contribution in [3.8, 4) is 0 Å². The minimum Gasteiger partial charge on any atom is -0.356 e. The van der Waals surface area contributed by atoms with Crippen LogP contribution >= 0.6 is 0 Å². The predicted molar refractivity (Wildman–Crippen MR) is 97.4 cm³/mol. The van der Waals surface area contributed by atoms with Crippen molar-refractivity contribution in [3.05, 3.63) is 0 Å². The lowest BCUT2D eigenvalue weighted by molar-refractivity contribution is -0.121. The van der Waals surface area contributed by atoms with Gasteiger partial charge in [0.15, 0.2) is 0 Å². The zero-order chi connectivity index (χ0) is 17.2. The molecule has 0 unspecified atom stereocenters. The van der Waals surface area contributed by atoms with Crippen molar-refractivity contribution in [1.29, 1.82) is 0 Å². The van der Waals surface area contributed by atoms with Gasteiger partial charge >= 0.3 is 0 Å². The van der Waals surface area contributed by atoms with Gasteiger partial charge in [-0.15, -0.1) is 0 Å². The monoisotopic (exact) mass is 326 g/mol. The summed E-state index contributed by atoms with van der Waals surface area (Å²) in [5.74, 6) is 0.285. The highest BCUT2D eigenvalue weighted by Crippen LogP contribution is 2.05. The van der Waals surface area contributed by atoms with Crippen LogP contribution in [0.5, 0.6) is 0 Å². The molecule has 0 aromatic carbocycles. The van der Waals surface area contributed by atoms with Gasteiger partial charge in [-0.3, -0.25) is 9.59 Å². The van der Waals surface area contributed by atoms with Crippen molar-refractivity contribution in [1.82, 2.24) is 10.6 Å². The molecule has 0 aliphatic heterocycles. The molecule has 4 nitrogen and oxygen atoms in total. The van der Waals surface area contributed by atoms with E-state index in [2.05, 4.69) is 24.5 Å². The largest absolute Gasteiger partial charge is 0.356 e. The Labute approximate surface area is 143 Å². The molecule has 0 spiro atoms. The Balaban J connectivity index is 3.30. The van der Waals surface area contributed by atoms with E-state index in [0.29, 0.717) is 25.9 Å². The average molecular weight is 327 g/mol. The highest BCUT2D eigenvalue weighted by atomic mass is 16.2. The molecule has 2 N–H and O–H groups in total. The van der Waals surface area contributed by atoms with Gasteiger partial charge in [-0.05, 0) is 19.3 Å². The molecule has 0 atom stereocenters. The highest BCUT2D eigenvalue weighted by molar-refractivity contribution is 5.76. The maximum absolute atomic E-state index is 11.6. The molecule has 0 aliphatic carbocycles. The molecular weight excluding hydrogens is 288 g/mol. The molecule has 4 heteroatoms. The Morgan fingerprint density at radius 3 is 1.35 bits per heavy atom. The zero-order valence-corrected chi connectivity index (χ0v) is 15.4. The standard InChI is InChI=1S/C19H38N2O2/c1-3-5-7-9-11-14-18(22)20-16-13-17-21-19(23)15-12-10-8-6-4-2/h3-17H2,1-2H3,(H,20,22)(H,21,23). The number of carbonyl (C=O) groups excluding carboxylic acids is 2.